The Labute approximate surface area is 96.1 Å². The van der Waals surface area contributed by atoms with Gasteiger partial charge in [0.05, 0.1) is 11.2 Å². The maximum absolute atomic E-state index is 4.49. The van der Waals surface area contributed by atoms with Crippen molar-refractivity contribution in [3.8, 4) is 0 Å². The van der Waals surface area contributed by atoms with Crippen LogP contribution in [0.2, 0.25) is 0 Å². The zero-order chi connectivity index (χ0) is 10.9. The van der Waals surface area contributed by atoms with Crippen LogP contribution in [0.15, 0.2) is 5.51 Å². The van der Waals surface area contributed by atoms with E-state index in [-0.39, 0.29) is 0 Å². The molecule has 0 radical (unpaired) electrons. The predicted molar refractivity (Wildman–Crippen MR) is 65.3 cm³/mol. The second-order valence-electron chi connectivity index (χ2n) is 5.22. The van der Waals surface area contributed by atoms with E-state index in [9.17, 15) is 0 Å². The molecule has 84 valence electrons. The van der Waals surface area contributed by atoms with E-state index in [1.54, 1.807) is 0 Å². The summed E-state index contributed by atoms with van der Waals surface area (Å²) in [5.41, 5.74) is 3.71. The van der Waals surface area contributed by atoms with Crippen molar-refractivity contribution in [3.05, 3.63) is 16.1 Å². The van der Waals surface area contributed by atoms with E-state index in [0.29, 0.717) is 11.5 Å². The first-order valence-corrected chi connectivity index (χ1v) is 6.66. The van der Waals surface area contributed by atoms with Crippen LogP contribution in [0.25, 0.3) is 0 Å². The average Bonchev–Trinajstić information content (AvgIpc) is 2.59. The monoisotopic (exact) mass is 224 g/mol. The van der Waals surface area contributed by atoms with Gasteiger partial charge in [0.2, 0.25) is 0 Å². The van der Waals surface area contributed by atoms with E-state index in [2.05, 4.69) is 31.1 Å². The maximum atomic E-state index is 4.49. The maximum Gasteiger partial charge on any atom is 0.0798 e. The molecule has 3 heteroatoms. The molecule has 0 bridgehead atoms. The molecule has 0 aromatic carbocycles. The SMILES string of the molecule is CCCNC1CC(C)(C)Cc2ncsc21. The van der Waals surface area contributed by atoms with Gasteiger partial charge in [0.1, 0.15) is 0 Å². The van der Waals surface area contributed by atoms with Crippen molar-refractivity contribution in [2.45, 2.75) is 46.1 Å². The van der Waals surface area contributed by atoms with Crippen LogP contribution in [-0.4, -0.2) is 11.5 Å². The van der Waals surface area contributed by atoms with Crippen molar-refractivity contribution >= 4 is 11.3 Å². The number of aromatic nitrogens is 1. The van der Waals surface area contributed by atoms with Gasteiger partial charge in [-0.15, -0.1) is 11.3 Å². The van der Waals surface area contributed by atoms with Crippen LogP contribution in [0.3, 0.4) is 0 Å². The van der Waals surface area contributed by atoms with E-state index >= 15 is 0 Å². The molecule has 1 aliphatic carbocycles. The lowest BCUT2D eigenvalue weighted by Gasteiger charge is -2.34. The summed E-state index contributed by atoms with van der Waals surface area (Å²) in [4.78, 5) is 5.96. The van der Waals surface area contributed by atoms with Gasteiger partial charge in [0.25, 0.3) is 0 Å². The topological polar surface area (TPSA) is 24.9 Å². The third kappa shape index (κ3) is 2.40. The number of fused-ring (bicyclic) bond motifs is 1. The molecule has 1 aliphatic rings. The number of thiazole rings is 1. The van der Waals surface area contributed by atoms with Crippen LogP contribution in [0.1, 0.15) is 50.2 Å². The Hall–Kier alpha value is -0.410. The van der Waals surface area contributed by atoms with Gasteiger partial charge in [-0.25, -0.2) is 4.98 Å². The largest absolute Gasteiger partial charge is 0.309 e. The Kier molecular flexibility index (Phi) is 3.12. The lowest BCUT2D eigenvalue weighted by Crippen LogP contribution is -2.33. The second kappa shape index (κ2) is 4.22. The van der Waals surface area contributed by atoms with Gasteiger partial charge in [-0.05, 0) is 31.2 Å². The fourth-order valence-electron chi connectivity index (χ4n) is 2.35. The fourth-order valence-corrected chi connectivity index (χ4v) is 3.23. The lowest BCUT2D eigenvalue weighted by atomic mass is 9.76. The Morgan fingerprint density at radius 3 is 3.13 bits per heavy atom. The molecule has 0 fully saturated rings. The predicted octanol–water partition coefficient (Wildman–Crippen LogP) is 3.16. The number of nitrogens with one attached hydrogen (secondary N) is 1. The highest BCUT2D eigenvalue weighted by atomic mass is 32.1. The molecule has 1 aromatic rings. The Morgan fingerprint density at radius 1 is 1.60 bits per heavy atom. The molecule has 0 aliphatic heterocycles. The summed E-state index contributed by atoms with van der Waals surface area (Å²) in [5.74, 6) is 0. The molecule has 15 heavy (non-hydrogen) atoms. The van der Waals surface area contributed by atoms with E-state index < -0.39 is 0 Å². The quantitative estimate of drug-likeness (QED) is 0.853. The van der Waals surface area contributed by atoms with Gasteiger partial charge < -0.3 is 5.32 Å². The van der Waals surface area contributed by atoms with Gasteiger partial charge in [-0.1, -0.05) is 20.8 Å². The van der Waals surface area contributed by atoms with E-state index in [1.165, 1.54) is 23.4 Å². The first-order chi connectivity index (χ1) is 7.12. The lowest BCUT2D eigenvalue weighted by molar-refractivity contribution is 0.258. The van der Waals surface area contributed by atoms with Crippen LogP contribution in [0, 0.1) is 5.41 Å². The van der Waals surface area contributed by atoms with Gasteiger partial charge in [-0.3, -0.25) is 0 Å². The van der Waals surface area contributed by atoms with Crippen LogP contribution in [0.5, 0.6) is 0 Å². The van der Waals surface area contributed by atoms with Crippen LogP contribution in [0.4, 0.5) is 0 Å². The third-order valence-electron chi connectivity index (χ3n) is 3.03. The molecule has 1 heterocycles. The van der Waals surface area contributed by atoms with Crippen molar-refractivity contribution < 1.29 is 0 Å². The Morgan fingerprint density at radius 2 is 2.40 bits per heavy atom. The fraction of sp³-hybridized carbons (Fsp3) is 0.750. The zero-order valence-corrected chi connectivity index (χ0v) is 10.7. The molecule has 1 aromatic heterocycles. The van der Waals surface area contributed by atoms with Gasteiger partial charge in [0, 0.05) is 10.9 Å². The standard InChI is InChI=1S/C12H20N2S/c1-4-5-13-9-6-12(2,3)7-10-11(9)15-8-14-10/h8-9,13H,4-7H2,1-3H3. The first kappa shape index (κ1) is 11.1. The minimum absolute atomic E-state index is 0.395. The Balaban J connectivity index is 2.18. The second-order valence-corrected chi connectivity index (χ2v) is 6.10. The molecule has 0 amide bonds. The first-order valence-electron chi connectivity index (χ1n) is 5.78. The summed E-state index contributed by atoms with van der Waals surface area (Å²) in [6, 6.07) is 0.538. The van der Waals surface area contributed by atoms with E-state index in [0.717, 1.165) is 13.0 Å². The third-order valence-corrected chi connectivity index (χ3v) is 4.02. The summed E-state index contributed by atoms with van der Waals surface area (Å²) in [7, 11) is 0. The number of rotatable bonds is 3. The summed E-state index contributed by atoms with van der Waals surface area (Å²) in [6.45, 7) is 8.01. The van der Waals surface area contributed by atoms with Crippen molar-refractivity contribution in [1.29, 1.82) is 0 Å². The van der Waals surface area contributed by atoms with Crippen molar-refractivity contribution in [2.75, 3.05) is 6.54 Å². The van der Waals surface area contributed by atoms with Crippen LogP contribution >= 0.6 is 11.3 Å². The van der Waals surface area contributed by atoms with E-state index in [1.807, 2.05) is 16.8 Å². The van der Waals surface area contributed by atoms with Crippen molar-refractivity contribution in [3.63, 3.8) is 0 Å². The number of hydrogen-bond donors (Lipinski definition) is 1. The molecular formula is C12H20N2S. The molecule has 2 rings (SSSR count). The summed E-state index contributed by atoms with van der Waals surface area (Å²) in [5, 5.41) is 3.64. The van der Waals surface area contributed by atoms with Gasteiger partial charge >= 0.3 is 0 Å². The summed E-state index contributed by atoms with van der Waals surface area (Å²) < 4.78 is 0. The summed E-state index contributed by atoms with van der Waals surface area (Å²) >= 11 is 1.81. The minimum atomic E-state index is 0.395. The molecule has 0 saturated carbocycles. The normalized spacial score (nSPS) is 23.8. The minimum Gasteiger partial charge on any atom is -0.309 e. The smallest absolute Gasteiger partial charge is 0.0798 e. The van der Waals surface area contributed by atoms with Crippen LogP contribution in [-0.2, 0) is 6.42 Å². The molecule has 0 saturated heterocycles. The highest BCUT2D eigenvalue weighted by molar-refractivity contribution is 7.09. The number of nitrogens with zero attached hydrogens (tertiary/aromatic N) is 1. The average molecular weight is 224 g/mol. The molecule has 1 unspecified atom stereocenters. The van der Waals surface area contributed by atoms with Crippen molar-refractivity contribution in [1.82, 2.24) is 10.3 Å². The van der Waals surface area contributed by atoms with Gasteiger partial charge in [-0.2, -0.15) is 0 Å². The highest BCUT2D eigenvalue weighted by Gasteiger charge is 2.33. The summed E-state index contributed by atoms with van der Waals surface area (Å²) in [6.07, 6.45) is 3.57. The molecular weight excluding hydrogens is 204 g/mol. The molecule has 1 atom stereocenters. The van der Waals surface area contributed by atoms with E-state index in [4.69, 9.17) is 0 Å². The highest BCUT2D eigenvalue weighted by Crippen LogP contribution is 2.41. The molecule has 1 N–H and O–H groups in total. The molecule has 2 nitrogen and oxygen atoms in total. The number of hydrogen-bond acceptors (Lipinski definition) is 3. The van der Waals surface area contributed by atoms with Gasteiger partial charge in [0.15, 0.2) is 0 Å². The Bertz CT molecular complexity index is 330. The van der Waals surface area contributed by atoms with Crippen molar-refractivity contribution in [2.24, 2.45) is 5.41 Å². The molecule has 0 spiro atoms. The van der Waals surface area contributed by atoms with Crippen LogP contribution < -0.4 is 5.32 Å². The zero-order valence-electron chi connectivity index (χ0n) is 9.84.